The van der Waals surface area contributed by atoms with Crippen LogP contribution in [0.3, 0.4) is 0 Å². The average Bonchev–Trinajstić information content (AvgIpc) is 3.17. The molecule has 4 rings (SSSR count). The third-order valence-electron chi connectivity index (χ3n) is 4.50. The number of benzene rings is 2. The van der Waals surface area contributed by atoms with E-state index in [9.17, 15) is 9.59 Å². The van der Waals surface area contributed by atoms with Crippen LogP contribution in [-0.2, 0) is 4.79 Å². The van der Waals surface area contributed by atoms with Gasteiger partial charge in [-0.3, -0.25) is 25.4 Å². The van der Waals surface area contributed by atoms with Crippen molar-refractivity contribution in [1.29, 1.82) is 0 Å². The molecule has 8 nitrogen and oxygen atoms in total. The highest BCUT2D eigenvalue weighted by Gasteiger charge is 2.27. The van der Waals surface area contributed by atoms with E-state index >= 15 is 0 Å². The summed E-state index contributed by atoms with van der Waals surface area (Å²) < 4.78 is 11.1. The first kappa shape index (κ1) is 17.8. The largest absolute Gasteiger partial charge is 0.485 e. The van der Waals surface area contributed by atoms with E-state index in [0.717, 1.165) is 24.4 Å². The molecule has 0 saturated carbocycles. The third-order valence-corrected chi connectivity index (χ3v) is 4.50. The molecular formula is C20H20N4O4. The second-order valence-corrected chi connectivity index (χ2v) is 6.56. The Labute approximate surface area is 162 Å². The molecule has 1 atom stereocenters. The normalized spacial score (nSPS) is 17.7. The molecule has 28 heavy (non-hydrogen) atoms. The number of hydrogen-bond donors (Lipinski definition) is 2. The number of ether oxygens (including phenoxy) is 2. The van der Waals surface area contributed by atoms with Crippen molar-refractivity contribution in [3.05, 3.63) is 54.1 Å². The van der Waals surface area contributed by atoms with Gasteiger partial charge in [0.05, 0.1) is 5.69 Å². The maximum Gasteiger partial charge on any atom is 0.283 e. The first-order chi connectivity index (χ1) is 13.6. The summed E-state index contributed by atoms with van der Waals surface area (Å²) in [5.41, 5.74) is 7.21. The lowest BCUT2D eigenvalue weighted by Gasteiger charge is -2.25. The monoisotopic (exact) mass is 380 g/mol. The van der Waals surface area contributed by atoms with Crippen LogP contribution in [0.1, 0.15) is 23.7 Å². The van der Waals surface area contributed by atoms with Crippen LogP contribution >= 0.6 is 0 Å². The van der Waals surface area contributed by atoms with Crippen LogP contribution in [0.2, 0.25) is 0 Å². The SMILES string of the molecule is CC1=NN(c2ccc(C(=O)NNC(=O)[C@H]3COc4ccccc4O3)cc2)CC1. The lowest BCUT2D eigenvalue weighted by Crippen LogP contribution is -2.50. The number of hydrogen-bond acceptors (Lipinski definition) is 6. The first-order valence-corrected chi connectivity index (χ1v) is 9.00. The summed E-state index contributed by atoms with van der Waals surface area (Å²) in [7, 11) is 0. The Balaban J connectivity index is 1.31. The summed E-state index contributed by atoms with van der Waals surface area (Å²) in [4.78, 5) is 24.5. The Bertz CT molecular complexity index is 926. The molecule has 8 heteroatoms. The number of rotatable bonds is 3. The van der Waals surface area contributed by atoms with Gasteiger partial charge in [-0.25, -0.2) is 0 Å². The van der Waals surface area contributed by atoms with Crippen LogP contribution in [-0.4, -0.2) is 36.8 Å². The van der Waals surface area contributed by atoms with Crippen molar-refractivity contribution in [2.75, 3.05) is 18.2 Å². The molecule has 2 N–H and O–H groups in total. The fourth-order valence-electron chi connectivity index (χ4n) is 2.97. The maximum absolute atomic E-state index is 12.3. The number of fused-ring (bicyclic) bond motifs is 1. The van der Waals surface area contributed by atoms with Gasteiger partial charge in [-0.2, -0.15) is 5.10 Å². The van der Waals surface area contributed by atoms with Crippen molar-refractivity contribution >= 4 is 23.2 Å². The lowest BCUT2D eigenvalue weighted by atomic mass is 10.2. The van der Waals surface area contributed by atoms with Gasteiger partial charge in [0.2, 0.25) is 6.10 Å². The van der Waals surface area contributed by atoms with Crippen LogP contribution in [0.5, 0.6) is 11.5 Å². The van der Waals surface area contributed by atoms with Crippen LogP contribution in [0.15, 0.2) is 53.6 Å². The molecule has 0 fully saturated rings. The quantitative estimate of drug-likeness (QED) is 0.793. The second-order valence-electron chi connectivity index (χ2n) is 6.56. The molecule has 0 saturated heterocycles. The number of carbonyl (C=O) groups excluding carboxylic acids is 2. The highest BCUT2D eigenvalue weighted by molar-refractivity contribution is 5.96. The van der Waals surface area contributed by atoms with Gasteiger partial charge in [0.15, 0.2) is 11.5 Å². The fraction of sp³-hybridized carbons (Fsp3) is 0.250. The van der Waals surface area contributed by atoms with Crippen LogP contribution < -0.4 is 25.3 Å². The zero-order valence-corrected chi connectivity index (χ0v) is 15.3. The van der Waals surface area contributed by atoms with Crippen molar-refractivity contribution in [1.82, 2.24) is 10.9 Å². The number of para-hydroxylation sites is 2. The standard InChI is InChI=1S/C20H20N4O4/c1-13-10-11-24(23-13)15-8-6-14(7-9-15)19(25)21-22-20(26)18-12-27-16-4-2-3-5-17(16)28-18/h2-9,18H,10-12H2,1H3,(H,21,25)(H,22,26)/t18-/m1/s1. The molecule has 2 aliphatic rings. The van der Waals surface area contributed by atoms with Gasteiger partial charge in [-0.1, -0.05) is 12.1 Å². The van der Waals surface area contributed by atoms with E-state index in [1.165, 1.54) is 0 Å². The van der Waals surface area contributed by atoms with Gasteiger partial charge in [0, 0.05) is 24.2 Å². The molecule has 2 aromatic carbocycles. The Morgan fingerprint density at radius 1 is 1.07 bits per heavy atom. The highest BCUT2D eigenvalue weighted by Crippen LogP contribution is 2.30. The lowest BCUT2D eigenvalue weighted by molar-refractivity contribution is -0.131. The smallest absolute Gasteiger partial charge is 0.283 e. The molecule has 2 amide bonds. The third kappa shape index (κ3) is 3.75. The Morgan fingerprint density at radius 3 is 2.54 bits per heavy atom. The Kier molecular flexibility index (Phi) is 4.84. The molecule has 2 aliphatic heterocycles. The number of nitrogens with one attached hydrogen (secondary N) is 2. The Hall–Kier alpha value is -3.55. The first-order valence-electron chi connectivity index (χ1n) is 9.00. The summed E-state index contributed by atoms with van der Waals surface area (Å²) in [6.45, 7) is 2.90. The van der Waals surface area contributed by atoms with E-state index < -0.39 is 17.9 Å². The second kappa shape index (κ2) is 7.59. The van der Waals surface area contributed by atoms with Crippen LogP contribution in [0.4, 0.5) is 5.69 Å². The van der Waals surface area contributed by atoms with E-state index in [2.05, 4.69) is 16.0 Å². The number of amides is 2. The maximum atomic E-state index is 12.3. The predicted molar refractivity (Wildman–Crippen MR) is 103 cm³/mol. The van der Waals surface area contributed by atoms with Gasteiger partial charge < -0.3 is 9.47 Å². The van der Waals surface area contributed by atoms with E-state index in [0.29, 0.717) is 17.1 Å². The van der Waals surface area contributed by atoms with Gasteiger partial charge in [-0.05, 0) is 43.3 Å². The zero-order chi connectivity index (χ0) is 19.5. The van der Waals surface area contributed by atoms with E-state index in [4.69, 9.17) is 9.47 Å². The van der Waals surface area contributed by atoms with Gasteiger partial charge >= 0.3 is 0 Å². The predicted octanol–water partition coefficient (Wildman–Crippen LogP) is 1.87. The minimum atomic E-state index is -0.839. The number of nitrogens with zero attached hydrogens (tertiary/aromatic N) is 2. The topological polar surface area (TPSA) is 92.3 Å². The fourth-order valence-corrected chi connectivity index (χ4v) is 2.97. The Morgan fingerprint density at radius 2 is 1.82 bits per heavy atom. The van der Waals surface area contributed by atoms with Crippen LogP contribution in [0, 0.1) is 0 Å². The van der Waals surface area contributed by atoms with Gasteiger partial charge in [0.25, 0.3) is 11.8 Å². The van der Waals surface area contributed by atoms with E-state index in [-0.39, 0.29) is 6.61 Å². The van der Waals surface area contributed by atoms with Crippen molar-refractivity contribution in [3.8, 4) is 11.5 Å². The molecule has 0 aliphatic carbocycles. The molecular weight excluding hydrogens is 360 g/mol. The molecule has 0 bridgehead atoms. The molecule has 2 heterocycles. The van der Waals surface area contributed by atoms with Crippen molar-refractivity contribution < 1.29 is 19.1 Å². The molecule has 0 radical (unpaired) electrons. The molecule has 2 aromatic rings. The summed E-state index contributed by atoms with van der Waals surface area (Å²) >= 11 is 0. The minimum absolute atomic E-state index is 0.0726. The van der Waals surface area contributed by atoms with Gasteiger partial charge in [0.1, 0.15) is 6.61 Å². The average molecular weight is 380 g/mol. The highest BCUT2D eigenvalue weighted by atomic mass is 16.6. The van der Waals surface area contributed by atoms with Crippen molar-refractivity contribution in [2.45, 2.75) is 19.4 Å². The van der Waals surface area contributed by atoms with Crippen LogP contribution in [0.25, 0.3) is 0 Å². The van der Waals surface area contributed by atoms with E-state index in [1.807, 2.05) is 30.1 Å². The summed E-state index contributed by atoms with van der Waals surface area (Å²) in [5, 5.41) is 6.33. The summed E-state index contributed by atoms with van der Waals surface area (Å²) in [5.74, 6) is 0.184. The molecule has 0 aromatic heterocycles. The number of hydrazone groups is 1. The molecule has 0 spiro atoms. The zero-order valence-electron chi connectivity index (χ0n) is 15.3. The molecule has 144 valence electrons. The minimum Gasteiger partial charge on any atom is -0.485 e. The number of anilines is 1. The number of carbonyl (C=O) groups is 2. The summed E-state index contributed by atoms with van der Waals surface area (Å²) in [6, 6.07) is 14.1. The summed E-state index contributed by atoms with van der Waals surface area (Å²) in [6.07, 6.45) is 0.0972. The van der Waals surface area contributed by atoms with Gasteiger partial charge in [-0.15, -0.1) is 0 Å². The van der Waals surface area contributed by atoms with Crippen molar-refractivity contribution in [3.63, 3.8) is 0 Å². The van der Waals surface area contributed by atoms with E-state index in [1.54, 1.807) is 30.3 Å². The molecule has 0 unspecified atom stereocenters. The number of hydrazine groups is 1. The van der Waals surface area contributed by atoms with Crippen molar-refractivity contribution in [2.24, 2.45) is 5.10 Å².